The molecule has 0 aliphatic heterocycles. The van der Waals surface area contributed by atoms with Gasteiger partial charge in [0.15, 0.2) is 0 Å². The van der Waals surface area contributed by atoms with Gasteiger partial charge in [0.1, 0.15) is 17.9 Å². The number of aryl methyl sites for hydroxylation is 1. The minimum Gasteiger partial charge on any atom is -0.487 e. The maximum absolute atomic E-state index is 13.0. The Hall–Kier alpha value is -2.47. The lowest BCUT2D eigenvalue weighted by molar-refractivity contribution is -0.138. The summed E-state index contributed by atoms with van der Waals surface area (Å²) in [5, 5.41) is 0.849. The van der Waals surface area contributed by atoms with Gasteiger partial charge < -0.3 is 9.15 Å². The Morgan fingerprint density at radius 1 is 1.16 bits per heavy atom. The van der Waals surface area contributed by atoms with Crippen LogP contribution in [0.5, 0.6) is 5.75 Å². The Morgan fingerprint density at radius 2 is 1.88 bits per heavy atom. The topological polar surface area (TPSA) is 39.4 Å². The largest absolute Gasteiger partial charge is 0.487 e. The summed E-state index contributed by atoms with van der Waals surface area (Å²) in [4.78, 5) is 11.5. The summed E-state index contributed by atoms with van der Waals surface area (Å²) < 4.78 is 49.6. The van der Waals surface area contributed by atoms with E-state index in [1.807, 2.05) is 0 Å². The monoisotopic (exact) mass is 368 g/mol. The lowest BCUT2D eigenvalue weighted by Crippen LogP contribution is -2.10. The number of fused-ring (bicyclic) bond motifs is 1. The SMILES string of the molecule is Cc1cc(=O)oc2cc(OCc3ccccc3C(F)(F)F)c(Cl)cc12. The van der Waals surface area contributed by atoms with Crippen LogP contribution in [0, 0.1) is 6.92 Å². The number of halogens is 4. The highest BCUT2D eigenvalue weighted by Crippen LogP contribution is 2.34. The van der Waals surface area contributed by atoms with Crippen molar-refractivity contribution in [1.82, 2.24) is 0 Å². The van der Waals surface area contributed by atoms with E-state index in [1.54, 1.807) is 13.0 Å². The van der Waals surface area contributed by atoms with Gasteiger partial charge in [-0.05, 0) is 24.6 Å². The van der Waals surface area contributed by atoms with Crippen LogP contribution in [0.2, 0.25) is 5.02 Å². The molecule has 7 heteroatoms. The molecular weight excluding hydrogens is 357 g/mol. The number of ether oxygens (including phenoxy) is 1. The first-order valence-electron chi connectivity index (χ1n) is 7.27. The van der Waals surface area contributed by atoms with E-state index in [4.69, 9.17) is 20.8 Å². The van der Waals surface area contributed by atoms with E-state index in [0.717, 1.165) is 6.07 Å². The molecule has 1 aromatic heterocycles. The highest BCUT2D eigenvalue weighted by Gasteiger charge is 2.33. The van der Waals surface area contributed by atoms with Crippen LogP contribution in [0.4, 0.5) is 13.2 Å². The average Bonchev–Trinajstić information content (AvgIpc) is 2.53. The Bertz CT molecular complexity index is 993. The summed E-state index contributed by atoms with van der Waals surface area (Å²) in [5.74, 6) is 0.139. The van der Waals surface area contributed by atoms with E-state index >= 15 is 0 Å². The fraction of sp³-hybridized carbons (Fsp3) is 0.167. The predicted molar refractivity (Wildman–Crippen MR) is 88.0 cm³/mol. The second kappa shape index (κ2) is 6.44. The maximum Gasteiger partial charge on any atom is 0.416 e. The minimum atomic E-state index is -4.48. The Morgan fingerprint density at radius 3 is 2.60 bits per heavy atom. The minimum absolute atomic E-state index is 0.0168. The van der Waals surface area contributed by atoms with E-state index in [1.165, 1.54) is 30.3 Å². The summed E-state index contributed by atoms with van der Waals surface area (Å²) >= 11 is 6.14. The van der Waals surface area contributed by atoms with Gasteiger partial charge >= 0.3 is 11.8 Å². The predicted octanol–water partition coefficient (Wildman–Crippen LogP) is 5.35. The van der Waals surface area contributed by atoms with Crippen molar-refractivity contribution in [3.05, 3.63) is 74.6 Å². The van der Waals surface area contributed by atoms with Crippen LogP contribution < -0.4 is 10.4 Å². The van der Waals surface area contributed by atoms with E-state index < -0.39 is 17.4 Å². The van der Waals surface area contributed by atoms with Crippen molar-refractivity contribution in [3.8, 4) is 5.75 Å². The molecule has 1 heterocycles. The van der Waals surface area contributed by atoms with Crippen LogP contribution in [0.15, 0.2) is 51.7 Å². The summed E-state index contributed by atoms with van der Waals surface area (Å²) in [6, 6.07) is 9.43. The molecule has 0 saturated heterocycles. The van der Waals surface area contributed by atoms with Crippen molar-refractivity contribution in [2.45, 2.75) is 19.7 Å². The molecule has 0 radical (unpaired) electrons. The van der Waals surface area contributed by atoms with Crippen molar-refractivity contribution in [2.75, 3.05) is 0 Å². The molecular formula is C18H12ClF3O3. The molecule has 0 spiro atoms. The average molecular weight is 369 g/mol. The molecule has 3 rings (SSSR count). The van der Waals surface area contributed by atoms with Crippen molar-refractivity contribution < 1.29 is 22.3 Å². The molecule has 2 aromatic carbocycles. The molecule has 0 saturated carbocycles. The zero-order valence-corrected chi connectivity index (χ0v) is 13.7. The molecule has 130 valence electrons. The Kier molecular flexibility index (Phi) is 4.47. The molecule has 3 aromatic rings. The Labute approximate surface area is 145 Å². The first-order chi connectivity index (χ1) is 11.8. The third kappa shape index (κ3) is 3.64. The lowest BCUT2D eigenvalue weighted by Gasteiger charge is -2.14. The van der Waals surface area contributed by atoms with Crippen molar-refractivity contribution in [1.29, 1.82) is 0 Å². The van der Waals surface area contributed by atoms with E-state index in [0.29, 0.717) is 10.9 Å². The fourth-order valence-electron chi connectivity index (χ4n) is 2.51. The number of rotatable bonds is 3. The Balaban J connectivity index is 1.95. The first-order valence-corrected chi connectivity index (χ1v) is 7.65. The number of benzene rings is 2. The standard InChI is InChI=1S/C18H12ClF3O3/c1-10-6-17(23)25-15-8-16(14(19)7-12(10)15)24-9-11-4-2-3-5-13(11)18(20,21)22/h2-8H,9H2,1H3. The quantitative estimate of drug-likeness (QED) is 0.585. The summed E-state index contributed by atoms with van der Waals surface area (Å²) in [7, 11) is 0. The smallest absolute Gasteiger partial charge is 0.416 e. The summed E-state index contributed by atoms with van der Waals surface area (Å²) in [6.45, 7) is 1.41. The highest BCUT2D eigenvalue weighted by molar-refractivity contribution is 6.32. The van der Waals surface area contributed by atoms with Gasteiger partial charge in [-0.25, -0.2) is 4.79 Å². The zero-order chi connectivity index (χ0) is 18.2. The van der Waals surface area contributed by atoms with Gasteiger partial charge in [-0.3, -0.25) is 0 Å². The second-order valence-electron chi connectivity index (χ2n) is 5.47. The lowest BCUT2D eigenvalue weighted by atomic mass is 10.1. The second-order valence-corrected chi connectivity index (χ2v) is 5.88. The molecule has 0 amide bonds. The summed E-state index contributed by atoms with van der Waals surface area (Å²) in [5.41, 5.74) is -0.373. The molecule has 0 atom stereocenters. The van der Waals surface area contributed by atoms with E-state index in [9.17, 15) is 18.0 Å². The molecule has 25 heavy (non-hydrogen) atoms. The van der Waals surface area contributed by atoms with Gasteiger partial charge in [-0.15, -0.1) is 0 Å². The highest BCUT2D eigenvalue weighted by atomic mass is 35.5. The normalized spacial score (nSPS) is 11.7. The van der Waals surface area contributed by atoms with Gasteiger partial charge in [0.25, 0.3) is 0 Å². The van der Waals surface area contributed by atoms with Crippen molar-refractivity contribution in [3.63, 3.8) is 0 Å². The van der Waals surface area contributed by atoms with Crippen LogP contribution in [-0.2, 0) is 12.8 Å². The van der Waals surface area contributed by atoms with Gasteiger partial charge in [0, 0.05) is 23.1 Å². The molecule has 0 aliphatic carbocycles. The molecule has 3 nitrogen and oxygen atoms in total. The molecule has 0 aliphatic rings. The first kappa shape index (κ1) is 17.4. The maximum atomic E-state index is 13.0. The zero-order valence-electron chi connectivity index (χ0n) is 13.0. The van der Waals surface area contributed by atoms with E-state index in [-0.39, 0.29) is 28.5 Å². The number of hydrogen-bond acceptors (Lipinski definition) is 3. The number of alkyl halides is 3. The van der Waals surface area contributed by atoms with Crippen LogP contribution >= 0.6 is 11.6 Å². The summed E-state index contributed by atoms with van der Waals surface area (Å²) in [6.07, 6.45) is -4.48. The van der Waals surface area contributed by atoms with Crippen LogP contribution in [0.1, 0.15) is 16.7 Å². The van der Waals surface area contributed by atoms with Gasteiger partial charge in [-0.1, -0.05) is 29.8 Å². The van der Waals surface area contributed by atoms with E-state index in [2.05, 4.69) is 0 Å². The third-order valence-electron chi connectivity index (χ3n) is 3.71. The third-order valence-corrected chi connectivity index (χ3v) is 4.01. The molecule has 0 bridgehead atoms. The molecule has 0 fully saturated rings. The number of hydrogen-bond donors (Lipinski definition) is 0. The van der Waals surface area contributed by atoms with Crippen molar-refractivity contribution >= 4 is 22.6 Å². The van der Waals surface area contributed by atoms with Crippen LogP contribution in [0.3, 0.4) is 0 Å². The van der Waals surface area contributed by atoms with Crippen LogP contribution in [-0.4, -0.2) is 0 Å². The molecule has 0 unspecified atom stereocenters. The molecule has 0 N–H and O–H groups in total. The van der Waals surface area contributed by atoms with Crippen molar-refractivity contribution in [2.24, 2.45) is 0 Å². The van der Waals surface area contributed by atoms with Gasteiger partial charge in [-0.2, -0.15) is 13.2 Å². The van der Waals surface area contributed by atoms with Crippen LogP contribution in [0.25, 0.3) is 11.0 Å². The van der Waals surface area contributed by atoms with Gasteiger partial charge in [0.2, 0.25) is 0 Å². The fourth-order valence-corrected chi connectivity index (χ4v) is 2.73. The van der Waals surface area contributed by atoms with Gasteiger partial charge in [0.05, 0.1) is 10.6 Å².